The molecule has 0 unspecified atom stereocenters. The third-order valence-corrected chi connectivity index (χ3v) is 2.68. The molecule has 0 bridgehead atoms. The first-order valence-electron chi connectivity index (χ1n) is 6.44. The molecule has 0 aliphatic carbocycles. The number of carbonyl (C=O) groups is 1. The molecule has 0 aliphatic rings. The van der Waals surface area contributed by atoms with Crippen molar-refractivity contribution < 1.29 is 9.53 Å². The van der Waals surface area contributed by atoms with Gasteiger partial charge in [0.15, 0.2) is 0 Å². The lowest BCUT2D eigenvalue weighted by Crippen LogP contribution is -2.21. The fourth-order valence-electron chi connectivity index (χ4n) is 1.59. The van der Waals surface area contributed by atoms with Crippen LogP contribution in [0.15, 0.2) is 29.5 Å². The zero-order valence-corrected chi connectivity index (χ0v) is 11.2. The van der Waals surface area contributed by atoms with E-state index in [-0.39, 0.29) is 17.5 Å². The van der Waals surface area contributed by atoms with Crippen LogP contribution in [0, 0.1) is 0 Å². The summed E-state index contributed by atoms with van der Waals surface area (Å²) < 4.78 is 6.44. The normalized spacial score (nSPS) is 10.4. The van der Waals surface area contributed by atoms with E-state index in [4.69, 9.17) is 4.74 Å². The molecule has 2 aromatic heterocycles. The number of nitrogens with one attached hydrogen (secondary N) is 1. The van der Waals surface area contributed by atoms with Crippen molar-refractivity contribution >= 4 is 5.97 Å². The van der Waals surface area contributed by atoms with Crippen LogP contribution in [0.4, 0.5) is 0 Å². The molecule has 0 radical (unpaired) electrons. The van der Waals surface area contributed by atoms with Gasteiger partial charge in [-0.3, -0.25) is 14.6 Å². The van der Waals surface area contributed by atoms with Crippen LogP contribution >= 0.6 is 0 Å². The van der Waals surface area contributed by atoms with Gasteiger partial charge < -0.3 is 4.74 Å². The topological polar surface area (TPSA) is 89.9 Å². The van der Waals surface area contributed by atoms with Gasteiger partial charge in [0.05, 0.1) is 13.0 Å². The van der Waals surface area contributed by atoms with Gasteiger partial charge >= 0.3 is 5.97 Å². The number of hydrogen-bond acceptors (Lipinski definition) is 5. The second kappa shape index (κ2) is 6.65. The maximum Gasteiger partial charge on any atom is 0.310 e. The van der Waals surface area contributed by atoms with Crippen LogP contribution in [0.25, 0.3) is 5.95 Å². The molecule has 0 saturated heterocycles. The van der Waals surface area contributed by atoms with Gasteiger partial charge in [0.25, 0.3) is 5.56 Å². The van der Waals surface area contributed by atoms with Crippen molar-refractivity contribution in [3.8, 4) is 5.95 Å². The number of H-pyrrole nitrogens is 1. The molecule has 0 fully saturated rings. The van der Waals surface area contributed by atoms with E-state index < -0.39 is 5.97 Å². The van der Waals surface area contributed by atoms with E-state index >= 15 is 0 Å². The number of unbranched alkanes of at least 4 members (excludes halogenated alkanes) is 1. The molecule has 0 spiro atoms. The van der Waals surface area contributed by atoms with Gasteiger partial charge in [0, 0.05) is 24.2 Å². The number of hydrogen-bond donors (Lipinski definition) is 1. The van der Waals surface area contributed by atoms with Crippen LogP contribution in [0.1, 0.15) is 25.3 Å². The largest absolute Gasteiger partial charge is 0.465 e. The fourth-order valence-corrected chi connectivity index (χ4v) is 1.59. The molecule has 1 N–H and O–H groups in total. The summed E-state index contributed by atoms with van der Waals surface area (Å²) in [5.74, 6) is -0.110. The minimum Gasteiger partial charge on any atom is -0.465 e. The fraction of sp³-hybridized carbons (Fsp3) is 0.385. The minimum absolute atomic E-state index is 0.0779. The first-order valence-corrected chi connectivity index (χ1v) is 6.44. The van der Waals surface area contributed by atoms with Crippen LogP contribution in [0.3, 0.4) is 0 Å². The highest BCUT2D eigenvalue weighted by molar-refractivity contribution is 5.72. The summed E-state index contributed by atoms with van der Waals surface area (Å²) in [6.45, 7) is 2.39. The van der Waals surface area contributed by atoms with E-state index in [1.807, 2.05) is 6.92 Å². The monoisotopic (exact) mass is 276 g/mol. The maximum absolute atomic E-state index is 11.9. The summed E-state index contributed by atoms with van der Waals surface area (Å²) in [6.07, 6.45) is 6.31. The molecule has 2 rings (SSSR count). The van der Waals surface area contributed by atoms with E-state index in [1.165, 1.54) is 10.9 Å². The number of aromatic amines is 1. The summed E-state index contributed by atoms with van der Waals surface area (Å²) >= 11 is 0. The standard InChI is InChI=1S/C13H16N4O3/c1-2-3-7-20-11(18)8-10-9-14-13(16-12(10)19)17-6-4-5-15-17/h4-6,9H,2-3,7-8H2,1H3,(H,14,16,19). The molecule has 0 atom stereocenters. The van der Waals surface area contributed by atoms with Gasteiger partial charge in [0.2, 0.25) is 5.95 Å². The van der Waals surface area contributed by atoms with Crippen LogP contribution in [0.5, 0.6) is 0 Å². The zero-order valence-electron chi connectivity index (χ0n) is 11.2. The smallest absolute Gasteiger partial charge is 0.310 e. The second-order valence-electron chi connectivity index (χ2n) is 4.26. The molecule has 0 amide bonds. The summed E-state index contributed by atoms with van der Waals surface area (Å²) in [7, 11) is 0. The number of nitrogens with zero attached hydrogens (tertiary/aromatic N) is 3. The van der Waals surface area contributed by atoms with Gasteiger partial charge in [-0.15, -0.1) is 0 Å². The predicted molar refractivity (Wildman–Crippen MR) is 71.6 cm³/mol. The molecule has 2 aromatic rings. The number of esters is 1. The Labute approximate surface area is 115 Å². The average molecular weight is 276 g/mol. The lowest BCUT2D eigenvalue weighted by molar-refractivity contribution is -0.142. The summed E-state index contributed by atoms with van der Waals surface area (Å²) in [4.78, 5) is 30.0. The molecule has 0 saturated carbocycles. The Balaban J connectivity index is 2.03. The third kappa shape index (κ3) is 3.53. The Morgan fingerprint density at radius 1 is 1.50 bits per heavy atom. The van der Waals surface area contributed by atoms with Gasteiger partial charge in [-0.2, -0.15) is 5.10 Å². The molecule has 0 aliphatic heterocycles. The van der Waals surface area contributed by atoms with E-state index in [0.29, 0.717) is 12.6 Å². The van der Waals surface area contributed by atoms with Gasteiger partial charge in [-0.25, -0.2) is 9.67 Å². The Morgan fingerprint density at radius 3 is 3.00 bits per heavy atom. The maximum atomic E-state index is 11.9. The SMILES string of the molecule is CCCCOC(=O)Cc1cnc(-n2cccn2)[nH]c1=O. The molecule has 7 heteroatoms. The number of rotatable bonds is 6. The lowest BCUT2D eigenvalue weighted by Gasteiger charge is -2.04. The zero-order chi connectivity index (χ0) is 14.4. The predicted octanol–water partition coefficient (Wildman–Crippen LogP) is 0.841. The number of ether oxygens (including phenoxy) is 1. The van der Waals surface area contributed by atoms with E-state index in [1.54, 1.807) is 18.5 Å². The molecular weight excluding hydrogens is 260 g/mol. The quantitative estimate of drug-likeness (QED) is 0.623. The van der Waals surface area contributed by atoms with Gasteiger partial charge in [-0.1, -0.05) is 13.3 Å². The van der Waals surface area contributed by atoms with Crippen LogP contribution in [-0.4, -0.2) is 32.3 Å². The van der Waals surface area contributed by atoms with Crippen molar-refractivity contribution in [3.63, 3.8) is 0 Å². The Kier molecular flexibility index (Phi) is 4.65. The van der Waals surface area contributed by atoms with Crippen molar-refractivity contribution in [2.75, 3.05) is 6.61 Å². The molecule has 20 heavy (non-hydrogen) atoms. The lowest BCUT2D eigenvalue weighted by atomic mass is 10.2. The van der Waals surface area contributed by atoms with Crippen LogP contribution in [-0.2, 0) is 16.0 Å². The van der Waals surface area contributed by atoms with E-state index in [9.17, 15) is 9.59 Å². The molecule has 0 aromatic carbocycles. The summed E-state index contributed by atoms with van der Waals surface area (Å²) in [5, 5.41) is 3.96. The highest BCUT2D eigenvalue weighted by Gasteiger charge is 2.10. The highest BCUT2D eigenvalue weighted by atomic mass is 16.5. The third-order valence-electron chi connectivity index (χ3n) is 2.68. The van der Waals surface area contributed by atoms with Gasteiger partial charge in [-0.05, 0) is 12.5 Å². The molecular formula is C13H16N4O3. The Morgan fingerprint density at radius 2 is 2.35 bits per heavy atom. The van der Waals surface area contributed by atoms with Gasteiger partial charge in [0.1, 0.15) is 0 Å². The van der Waals surface area contributed by atoms with Crippen molar-refractivity contribution in [1.29, 1.82) is 0 Å². The van der Waals surface area contributed by atoms with Crippen LogP contribution in [0.2, 0.25) is 0 Å². The van der Waals surface area contributed by atoms with E-state index in [2.05, 4.69) is 15.1 Å². The molecule has 106 valence electrons. The first kappa shape index (κ1) is 14.0. The first-order chi connectivity index (χ1) is 9.70. The molecule has 7 nitrogen and oxygen atoms in total. The number of aromatic nitrogens is 4. The van der Waals surface area contributed by atoms with Crippen LogP contribution < -0.4 is 5.56 Å². The Hall–Kier alpha value is -2.44. The second-order valence-corrected chi connectivity index (χ2v) is 4.26. The van der Waals surface area contributed by atoms with E-state index in [0.717, 1.165) is 12.8 Å². The van der Waals surface area contributed by atoms with Crippen molar-refractivity contribution in [1.82, 2.24) is 19.7 Å². The highest BCUT2D eigenvalue weighted by Crippen LogP contribution is 1.99. The summed E-state index contributed by atoms with van der Waals surface area (Å²) in [5.41, 5.74) is -0.0830. The summed E-state index contributed by atoms with van der Waals surface area (Å²) in [6, 6.07) is 1.72. The van der Waals surface area contributed by atoms with Crippen molar-refractivity contribution in [2.45, 2.75) is 26.2 Å². The van der Waals surface area contributed by atoms with Crippen molar-refractivity contribution in [2.24, 2.45) is 0 Å². The number of carbonyl (C=O) groups excluding carboxylic acids is 1. The average Bonchev–Trinajstić information content (AvgIpc) is 2.95. The van der Waals surface area contributed by atoms with Crippen molar-refractivity contribution in [3.05, 3.63) is 40.6 Å². The molecule has 2 heterocycles. The Bertz CT molecular complexity index is 619. The minimum atomic E-state index is -0.419.